The summed E-state index contributed by atoms with van der Waals surface area (Å²) in [7, 11) is 0. The highest BCUT2D eigenvalue weighted by Crippen LogP contribution is 2.36. The molecule has 3 aromatic carbocycles. The quantitative estimate of drug-likeness (QED) is 0.347. The average molecular weight is 439 g/mol. The van der Waals surface area contributed by atoms with E-state index in [0.717, 1.165) is 34.7 Å². The van der Waals surface area contributed by atoms with E-state index in [-0.39, 0.29) is 6.04 Å². The van der Waals surface area contributed by atoms with Gasteiger partial charge in [0.15, 0.2) is 0 Å². The SMILES string of the molecule is C=C(c1ccc(C)cc1)N(CCN)C(c1nc2ccccc2n1Cc1ccccc1)C(C)C. The molecule has 33 heavy (non-hydrogen) atoms. The molecule has 0 aliphatic carbocycles. The first-order valence-electron chi connectivity index (χ1n) is 11.7. The van der Waals surface area contributed by atoms with Crippen molar-refractivity contribution in [3.8, 4) is 0 Å². The summed E-state index contributed by atoms with van der Waals surface area (Å²) in [5.41, 5.74) is 12.9. The lowest BCUT2D eigenvalue weighted by molar-refractivity contribution is 0.227. The lowest BCUT2D eigenvalue weighted by Crippen LogP contribution is -2.36. The van der Waals surface area contributed by atoms with Gasteiger partial charge in [0.05, 0.1) is 17.1 Å². The predicted octanol–water partition coefficient (Wildman–Crippen LogP) is 6.02. The van der Waals surface area contributed by atoms with Gasteiger partial charge in [0.25, 0.3) is 0 Å². The Bertz CT molecular complexity index is 1210. The van der Waals surface area contributed by atoms with Crippen molar-refractivity contribution in [2.45, 2.75) is 33.4 Å². The molecule has 0 amide bonds. The largest absolute Gasteiger partial charge is 0.360 e. The highest BCUT2D eigenvalue weighted by molar-refractivity contribution is 5.76. The van der Waals surface area contributed by atoms with E-state index in [2.05, 4.69) is 116 Å². The number of imidazole rings is 1. The molecular weight excluding hydrogens is 404 g/mol. The van der Waals surface area contributed by atoms with E-state index in [4.69, 9.17) is 10.7 Å². The first-order chi connectivity index (χ1) is 16.0. The number of para-hydroxylation sites is 2. The van der Waals surface area contributed by atoms with Gasteiger partial charge in [-0.15, -0.1) is 0 Å². The molecule has 0 aliphatic heterocycles. The molecular formula is C29H34N4. The summed E-state index contributed by atoms with van der Waals surface area (Å²) in [6, 6.07) is 27.6. The maximum atomic E-state index is 6.11. The molecule has 4 aromatic rings. The minimum atomic E-state index is 0.0402. The van der Waals surface area contributed by atoms with E-state index in [1.165, 1.54) is 11.1 Å². The molecule has 0 spiro atoms. The third-order valence-corrected chi connectivity index (χ3v) is 6.20. The summed E-state index contributed by atoms with van der Waals surface area (Å²) in [6.07, 6.45) is 0. The van der Waals surface area contributed by atoms with Crippen LogP contribution >= 0.6 is 0 Å². The van der Waals surface area contributed by atoms with Crippen LogP contribution in [0, 0.1) is 12.8 Å². The molecule has 1 atom stereocenters. The predicted molar refractivity (Wildman–Crippen MR) is 139 cm³/mol. The Hall–Kier alpha value is -3.37. The summed E-state index contributed by atoms with van der Waals surface area (Å²) in [5, 5.41) is 0. The number of fused-ring (bicyclic) bond motifs is 1. The Labute approximate surface area is 197 Å². The molecule has 1 unspecified atom stereocenters. The number of hydrogen-bond acceptors (Lipinski definition) is 3. The molecule has 1 heterocycles. The van der Waals surface area contributed by atoms with Crippen LogP contribution in [-0.2, 0) is 6.54 Å². The Kier molecular flexibility index (Phi) is 6.95. The van der Waals surface area contributed by atoms with Crippen LogP contribution < -0.4 is 5.73 Å². The molecule has 0 fully saturated rings. The number of nitrogens with zero attached hydrogens (tertiary/aromatic N) is 3. The van der Waals surface area contributed by atoms with Gasteiger partial charge in [0.2, 0.25) is 0 Å². The fourth-order valence-electron chi connectivity index (χ4n) is 4.54. The fraction of sp³-hybridized carbons (Fsp3) is 0.276. The summed E-state index contributed by atoms with van der Waals surface area (Å²) in [4.78, 5) is 7.51. The Morgan fingerprint density at radius 3 is 2.30 bits per heavy atom. The zero-order valence-electron chi connectivity index (χ0n) is 19.9. The number of hydrogen-bond donors (Lipinski definition) is 1. The number of rotatable bonds is 9. The lowest BCUT2D eigenvalue weighted by atomic mass is 9.98. The van der Waals surface area contributed by atoms with E-state index in [1.54, 1.807) is 0 Å². The van der Waals surface area contributed by atoms with Crippen LogP contribution in [0.4, 0.5) is 0 Å². The maximum Gasteiger partial charge on any atom is 0.133 e. The van der Waals surface area contributed by atoms with E-state index in [1.807, 2.05) is 0 Å². The minimum Gasteiger partial charge on any atom is -0.360 e. The van der Waals surface area contributed by atoms with Crippen LogP contribution in [0.25, 0.3) is 16.7 Å². The number of benzene rings is 3. The lowest BCUT2D eigenvalue weighted by Gasteiger charge is -2.37. The van der Waals surface area contributed by atoms with Crippen LogP contribution in [0.1, 0.15) is 42.4 Å². The van der Waals surface area contributed by atoms with E-state index in [9.17, 15) is 0 Å². The molecule has 4 heteroatoms. The topological polar surface area (TPSA) is 47.1 Å². The number of aryl methyl sites for hydroxylation is 1. The van der Waals surface area contributed by atoms with Gasteiger partial charge in [-0.3, -0.25) is 0 Å². The van der Waals surface area contributed by atoms with Crippen molar-refractivity contribution in [1.82, 2.24) is 14.5 Å². The van der Waals surface area contributed by atoms with Crippen molar-refractivity contribution >= 4 is 16.7 Å². The van der Waals surface area contributed by atoms with Gasteiger partial charge in [0, 0.05) is 25.3 Å². The van der Waals surface area contributed by atoms with Crippen LogP contribution in [0.15, 0.2) is 85.4 Å². The van der Waals surface area contributed by atoms with Crippen molar-refractivity contribution in [1.29, 1.82) is 0 Å². The number of nitrogens with two attached hydrogens (primary N) is 1. The van der Waals surface area contributed by atoms with Gasteiger partial charge in [0.1, 0.15) is 5.82 Å². The first-order valence-corrected chi connectivity index (χ1v) is 11.7. The molecule has 0 bridgehead atoms. The van der Waals surface area contributed by atoms with Crippen molar-refractivity contribution < 1.29 is 0 Å². The summed E-state index contributed by atoms with van der Waals surface area (Å²) >= 11 is 0. The number of aromatic nitrogens is 2. The molecule has 0 aliphatic rings. The maximum absolute atomic E-state index is 6.11. The third-order valence-electron chi connectivity index (χ3n) is 6.20. The molecule has 0 saturated heterocycles. The molecule has 4 nitrogen and oxygen atoms in total. The minimum absolute atomic E-state index is 0.0402. The second-order valence-electron chi connectivity index (χ2n) is 9.01. The summed E-state index contributed by atoms with van der Waals surface area (Å²) in [5.74, 6) is 1.36. The van der Waals surface area contributed by atoms with Crippen molar-refractivity contribution in [2.75, 3.05) is 13.1 Å². The first kappa shape index (κ1) is 22.8. The molecule has 2 N–H and O–H groups in total. The van der Waals surface area contributed by atoms with Crippen LogP contribution in [0.3, 0.4) is 0 Å². The van der Waals surface area contributed by atoms with Crippen molar-refractivity contribution in [3.05, 3.63) is 108 Å². The molecule has 170 valence electrons. The monoisotopic (exact) mass is 438 g/mol. The van der Waals surface area contributed by atoms with E-state index in [0.29, 0.717) is 19.0 Å². The smallest absolute Gasteiger partial charge is 0.133 e. The van der Waals surface area contributed by atoms with Crippen molar-refractivity contribution in [3.63, 3.8) is 0 Å². The van der Waals surface area contributed by atoms with Crippen LogP contribution in [-0.4, -0.2) is 27.5 Å². The Morgan fingerprint density at radius 2 is 1.64 bits per heavy atom. The zero-order chi connectivity index (χ0) is 23.4. The van der Waals surface area contributed by atoms with Gasteiger partial charge in [-0.1, -0.05) is 92.7 Å². The Morgan fingerprint density at radius 1 is 0.970 bits per heavy atom. The standard InChI is InChI=1S/C29H34N4/c1-21(2)28(32(19-18-30)23(4)25-16-14-22(3)15-17-25)29-31-26-12-8-9-13-27(26)33(29)20-24-10-6-5-7-11-24/h5-17,21,28H,4,18-20,30H2,1-3H3. The average Bonchev–Trinajstić information content (AvgIpc) is 3.17. The summed E-state index contributed by atoms with van der Waals surface area (Å²) < 4.78 is 2.36. The zero-order valence-corrected chi connectivity index (χ0v) is 19.9. The van der Waals surface area contributed by atoms with Crippen LogP contribution in [0.2, 0.25) is 0 Å². The summed E-state index contributed by atoms with van der Waals surface area (Å²) in [6.45, 7) is 13.1. The van der Waals surface area contributed by atoms with Gasteiger partial charge < -0.3 is 15.2 Å². The molecule has 4 rings (SSSR count). The van der Waals surface area contributed by atoms with Gasteiger partial charge >= 0.3 is 0 Å². The van der Waals surface area contributed by atoms with Crippen LogP contribution in [0.5, 0.6) is 0 Å². The highest BCUT2D eigenvalue weighted by atomic mass is 15.2. The van der Waals surface area contributed by atoms with E-state index >= 15 is 0 Å². The molecule has 1 aromatic heterocycles. The normalized spacial score (nSPS) is 12.3. The second-order valence-corrected chi connectivity index (χ2v) is 9.01. The van der Waals surface area contributed by atoms with Gasteiger partial charge in [-0.25, -0.2) is 4.98 Å². The van der Waals surface area contributed by atoms with Crippen molar-refractivity contribution in [2.24, 2.45) is 11.7 Å². The highest BCUT2D eigenvalue weighted by Gasteiger charge is 2.30. The molecule has 0 radical (unpaired) electrons. The van der Waals surface area contributed by atoms with Gasteiger partial charge in [-0.05, 0) is 36.1 Å². The Balaban J connectivity index is 1.83. The second kappa shape index (κ2) is 10.1. The fourth-order valence-corrected chi connectivity index (χ4v) is 4.54. The third kappa shape index (κ3) is 4.86. The van der Waals surface area contributed by atoms with Gasteiger partial charge in [-0.2, -0.15) is 0 Å². The molecule has 0 saturated carbocycles. The van der Waals surface area contributed by atoms with E-state index < -0.39 is 0 Å².